The van der Waals surface area contributed by atoms with E-state index in [1.807, 2.05) is 36.7 Å². The second-order valence-corrected chi connectivity index (χ2v) is 8.98. The van der Waals surface area contributed by atoms with Crippen molar-refractivity contribution in [3.05, 3.63) is 73.7 Å². The van der Waals surface area contributed by atoms with E-state index in [1.165, 1.54) is 0 Å². The summed E-state index contributed by atoms with van der Waals surface area (Å²) in [4.78, 5) is 33.1. The first-order valence-corrected chi connectivity index (χ1v) is 11.7. The molecule has 1 saturated carbocycles. The van der Waals surface area contributed by atoms with Crippen LogP contribution in [0.3, 0.4) is 0 Å². The summed E-state index contributed by atoms with van der Waals surface area (Å²) >= 11 is 0. The molecule has 174 valence electrons. The van der Waals surface area contributed by atoms with Gasteiger partial charge in [-0.15, -0.1) is 0 Å². The predicted octanol–water partition coefficient (Wildman–Crippen LogP) is 4.97. The molecule has 0 aromatic carbocycles. The summed E-state index contributed by atoms with van der Waals surface area (Å²) in [5.74, 6) is 0.177. The van der Waals surface area contributed by atoms with Crippen molar-refractivity contribution in [1.29, 1.82) is 0 Å². The number of H-pyrrole nitrogens is 2. The van der Waals surface area contributed by atoms with Crippen molar-refractivity contribution in [2.75, 3.05) is 5.32 Å². The van der Waals surface area contributed by atoms with E-state index in [0.29, 0.717) is 5.69 Å². The molecule has 0 aliphatic heterocycles. The van der Waals surface area contributed by atoms with Gasteiger partial charge in [0.15, 0.2) is 0 Å². The molecule has 1 fully saturated rings. The van der Waals surface area contributed by atoms with Crippen molar-refractivity contribution < 1.29 is 4.79 Å². The Balaban J connectivity index is 1.28. The zero-order valence-corrected chi connectivity index (χ0v) is 19.1. The number of hydrogen-bond acceptors (Lipinski definition) is 6. The van der Waals surface area contributed by atoms with E-state index in [4.69, 9.17) is 0 Å². The largest absolute Gasteiger partial charge is 0.352 e. The van der Waals surface area contributed by atoms with Crippen LogP contribution >= 0.6 is 0 Å². The molecule has 9 heteroatoms. The molecule has 1 aliphatic carbocycles. The third-order valence-electron chi connectivity index (χ3n) is 6.49. The topological polar surface area (TPSA) is 125 Å². The number of fused-ring (bicyclic) bond motifs is 2. The lowest BCUT2D eigenvalue weighted by Gasteiger charge is -2.06. The summed E-state index contributed by atoms with van der Waals surface area (Å²) in [6.07, 6.45) is 14.3. The van der Waals surface area contributed by atoms with Crippen molar-refractivity contribution in [2.45, 2.75) is 12.8 Å². The normalized spacial score (nSPS) is 13.3. The number of pyridine rings is 4. The van der Waals surface area contributed by atoms with Crippen LogP contribution in [0, 0.1) is 5.92 Å². The van der Waals surface area contributed by atoms with E-state index in [1.54, 1.807) is 31.0 Å². The van der Waals surface area contributed by atoms with Gasteiger partial charge in [-0.3, -0.25) is 29.8 Å². The minimum absolute atomic E-state index is 0.0499. The molecule has 6 aromatic rings. The summed E-state index contributed by atoms with van der Waals surface area (Å²) in [6.45, 7) is 0. The quantitative estimate of drug-likeness (QED) is 0.325. The number of carbonyl (C=O) groups is 1. The Morgan fingerprint density at radius 1 is 0.861 bits per heavy atom. The van der Waals surface area contributed by atoms with Gasteiger partial charge in [0.05, 0.1) is 46.7 Å². The highest BCUT2D eigenvalue weighted by molar-refractivity contribution is 6.01. The average molecular weight is 473 g/mol. The number of amides is 1. The third-order valence-corrected chi connectivity index (χ3v) is 6.49. The number of rotatable bonds is 5. The summed E-state index contributed by atoms with van der Waals surface area (Å²) in [7, 11) is 0. The zero-order valence-electron chi connectivity index (χ0n) is 19.1. The first-order valence-electron chi connectivity index (χ1n) is 11.7. The summed E-state index contributed by atoms with van der Waals surface area (Å²) in [5.41, 5.74) is 7.72. The highest BCUT2D eigenvalue weighted by Gasteiger charge is 2.29. The molecule has 9 nitrogen and oxygen atoms in total. The number of nitrogens with one attached hydrogen (secondary N) is 3. The van der Waals surface area contributed by atoms with Gasteiger partial charge < -0.3 is 10.3 Å². The fourth-order valence-electron chi connectivity index (χ4n) is 4.46. The molecule has 0 spiro atoms. The van der Waals surface area contributed by atoms with Crippen LogP contribution in [0.15, 0.2) is 73.7 Å². The Hall–Kier alpha value is -4.92. The Bertz CT molecular complexity index is 1750. The molecule has 6 aromatic heterocycles. The molecule has 0 bridgehead atoms. The van der Waals surface area contributed by atoms with Crippen LogP contribution in [0.2, 0.25) is 0 Å². The molecule has 0 unspecified atom stereocenters. The number of aromatic amines is 2. The number of carbonyl (C=O) groups excluding carboxylic acids is 1. The second kappa shape index (κ2) is 8.09. The first kappa shape index (κ1) is 20.5. The van der Waals surface area contributed by atoms with Gasteiger partial charge in [0.2, 0.25) is 5.91 Å². The SMILES string of the molecule is O=C(Nc1cncc(-c2cc3c(-c4cc5c(-c6ccncc6)cncc5[nH]4)n[nH]c3cn2)c1)C1CC1. The van der Waals surface area contributed by atoms with Gasteiger partial charge in [-0.2, -0.15) is 5.10 Å². The van der Waals surface area contributed by atoms with Gasteiger partial charge in [0, 0.05) is 52.6 Å². The standard InChI is InChI=1S/C27H20N8O/c36-27(16-1-2-16)32-18-7-17(10-29-11-18)22-9-20-25(14-31-22)34-35-26(20)23-8-19-21(12-30-13-24(19)33-23)15-3-5-28-6-4-15/h3-14,16,33H,1-2H2,(H,32,36)(H,34,35). The summed E-state index contributed by atoms with van der Waals surface area (Å²) in [5, 5.41) is 12.6. The van der Waals surface area contributed by atoms with Gasteiger partial charge in [-0.1, -0.05) is 0 Å². The van der Waals surface area contributed by atoms with Crippen molar-refractivity contribution in [3.63, 3.8) is 0 Å². The molecular weight excluding hydrogens is 452 g/mol. The van der Waals surface area contributed by atoms with E-state index in [-0.39, 0.29) is 11.8 Å². The maximum atomic E-state index is 12.2. The Kier molecular flexibility index (Phi) is 4.60. The maximum Gasteiger partial charge on any atom is 0.227 e. The Morgan fingerprint density at radius 2 is 1.72 bits per heavy atom. The molecule has 6 heterocycles. The van der Waals surface area contributed by atoms with Crippen molar-refractivity contribution in [1.82, 2.24) is 35.1 Å². The van der Waals surface area contributed by atoms with Crippen LogP contribution in [0.25, 0.3) is 55.6 Å². The second-order valence-electron chi connectivity index (χ2n) is 8.98. The Morgan fingerprint density at radius 3 is 2.58 bits per heavy atom. The van der Waals surface area contributed by atoms with E-state index in [2.05, 4.69) is 46.5 Å². The fraction of sp³-hybridized carbons (Fsp3) is 0.111. The minimum atomic E-state index is 0.0499. The van der Waals surface area contributed by atoms with E-state index in [0.717, 1.165) is 68.4 Å². The van der Waals surface area contributed by atoms with Gasteiger partial charge in [-0.25, -0.2) is 0 Å². The maximum absolute atomic E-state index is 12.2. The minimum Gasteiger partial charge on any atom is -0.352 e. The van der Waals surface area contributed by atoms with Crippen molar-refractivity contribution >= 4 is 33.4 Å². The fourth-order valence-corrected chi connectivity index (χ4v) is 4.46. The monoisotopic (exact) mass is 472 g/mol. The first-order chi connectivity index (χ1) is 17.7. The van der Waals surface area contributed by atoms with Crippen molar-refractivity contribution in [2.24, 2.45) is 5.92 Å². The highest BCUT2D eigenvalue weighted by atomic mass is 16.2. The molecular formula is C27H20N8O. The molecule has 36 heavy (non-hydrogen) atoms. The van der Waals surface area contributed by atoms with Gasteiger partial charge in [0.1, 0.15) is 5.69 Å². The average Bonchev–Trinajstić information content (AvgIpc) is 3.55. The smallest absolute Gasteiger partial charge is 0.227 e. The van der Waals surface area contributed by atoms with E-state index in [9.17, 15) is 4.79 Å². The predicted molar refractivity (Wildman–Crippen MR) is 137 cm³/mol. The van der Waals surface area contributed by atoms with Crippen LogP contribution in [-0.4, -0.2) is 41.0 Å². The summed E-state index contributed by atoms with van der Waals surface area (Å²) in [6, 6.07) is 9.93. The number of nitrogens with zero attached hydrogens (tertiary/aromatic N) is 5. The van der Waals surface area contributed by atoms with Crippen LogP contribution < -0.4 is 5.32 Å². The third kappa shape index (κ3) is 3.58. The molecule has 0 radical (unpaired) electrons. The van der Waals surface area contributed by atoms with Gasteiger partial charge in [0.25, 0.3) is 0 Å². The molecule has 0 saturated heterocycles. The van der Waals surface area contributed by atoms with Crippen LogP contribution in [-0.2, 0) is 4.79 Å². The Labute approximate surface area is 205 Å². The van der Waals surface area contributed by atoms with E-state index >= 15 is 0 Å². The molecule has 1 amide bonds. The molecule has 1 aliphatic rings. The summed E-state index contributed by atoms with van der Waals surface area (Å²) < 4.78 is 0. The number of aromatic nitrogens is 7. The van der Waals surface area contributed by atoms with Crippen molar-refractivity contribution in [3.8, 4) is 33.8 Å². The molecule has 0 atom stereocenters. The van der Waals surface area contributed by atoms with Gasteiger partial charge >= 0.3 is 0 Å². The lowest BCUT2D eigenvalue weighted by atomic mass is 10.1. The zero-order chi connectivity index (χ0) is 24.1. The molecule has 7 rings (SSSR count). The lowest BCUT2D eigenvalue weighted by molar-refractivity contribution is -0.117. The number of hydrogen-bond donors (Lipinski definition) is 3. The highest BCUT2D eigenvalue weighted by Crippen LogP contribution is 2.34. The van der Waals surface area contributed by atoms with Crippen LogP contribution in [0.1, 0.15) is 12.8 Å². The van der Waals surface area contributed by atoms with Gasteiger partial charge in [-0.05, 0) is 48.7 Å². The number of anilines is 1. The van der Waals surface area contributed by atoms with E-state index < -0.39 is 0 Å². The molecule has 3 N–H and O–H groups in total. The van der Waals surface area contributed by atoms with Crippen LogP contribution in [0.4, 0.5) is 5.69 Å². The van der Waals surface area contributed by atoms with Crippen LogP contribution in [0.5, 0.6) is 0 Å². The lowest BCUT2D eigenvalue weighted by Crippen LogP contribution is -2.13.